The maximum atomic E-state index is 12.3. The van der Waals surface area contributed by atoms with E-state index in [-0.39, 0.29) is 12.5 Å². The standard InChI is InChI=1S/C13H27N3O3S/c1-10-6-5-7-13(14,8-10)11(17)15-9-12(2,3)16-20(4,18)19/h10,16H,5-9,14H2,1-4H3,(H,15,17). The van der Waals surface area contributed by atoms with Crippen LogP contribution in [0.1, 0.15) is 46.5 Å². The van der Waals surface area contributed by atoms with Crippen molar-refractivity contribution in [3.8, 4) is 0 Å². The molecule has 1 rings (SSSR count). The second-order valence-electron chi connectivity index (χ2n) is 6.80. The van der Waals surface area contributed by atoms with Crippen LogP contribution in [0.2, 0.25) is 0 Å². The number of carbonyl (C=O) groups excluding carboxylic acids is 1. The molecule has 0 aromatic rings. The van der Waals surface area contributed by atoms with Gasteiger partial charge in [-0.2, -0.15) is 0 Å². The van der Waals surface area contributed by atoms with Gasteiger partial charge in [-0.3, -0.25) is 4.79 Å². The van der Waals surface area contributed by atoms with Gasteiger partial charge in [-0.25, -0.2) is 13.1 Å². The van der Waals surface area contributed by atoms with E-state index in [4.69, 9.17) is 5.73 Å². The second-order valence-corrected chi connectivity index (χ2v) is 8.55. The van der Waals surface area contributed by atoms with Crippen molar-refractivity contribution in [1.29, 1.82) is 0 Å². The lowest BCUT2D eigenvalue weighted by atomic mass is 9.76. The summed E-state index contributed by atoms with van der Waals surface area (Å²) >= 11 is 0. The van der Waals surface area contributed by atoms with Gasteiger partial charge in [0.05, 0.1) is 11.8 Å². The Labute approximate surface area is 121 Å². The average molecular weight is 305 g/mol. The van der Waals surface area contributed by atoms with Crippen LogP contribution >= 0.6 is 0 Å². The third-order valence-corrected chi connectivity index (χ3v) is 4.56. The van der Waals surface area contributed by atoms with Gasteiger partial charge in [0.2, 0.25) is 15.9 Å². The summed E-state index contributed by atoms with van der Waals surface area (Å²) in [5, 5.41) is 2.79. The molecule has 1 saturated carbocycles. The van der Waals surface area contributed by atoms with Gasteiger partial charge in [-0.05, 0) is 32.6 Å². The number of hydrogen-bond donors (Lipinski definition) is 3. The van der Waals surface area contributed by atoms with E-state index in [2.05, 4.69) is 17.0 Å². The van der Waals surface area contributed by atoms with E-state index in [9.17, 15) is 13.2 Å². The van der Waals surface area contributed by atoms with Crippen LogP contribution in [0.25, 0.3) is 0 Å². The molecule has 0 spiro atoms. The second kappa shape index (κ2) is 5.99. The van der Waals surface area contributed by atoms with Crippen LogP contribution in [0.3, 0.4) is 0 Å². The van der Waals surface area contributed by atoms with Crippen LogP contribution in [0.15, 0.2) is 0 Å². The molecule has 2 atom stereocenters. The Balaban J connectivity index is 2.58. The Morgan fingerprint density at radius 1 is 1.45 bits per heavy atom. The molecule has 0 heterocycles. The van der Waals surface area contributed by atoms with Gasteiger partial charge in [-0.15, -0.1) is 0 Å². The maximum absolute atomic E-state index is 12.3. The minimum absolute atomic E-state index is 0.188. The maximum Gasteiger partial charge on any atom is 0.240 e. The molecular formula is C13H27N3O3S. The molecule has 118 valence electrons. The van der Waals surface area contributed by atoms with Gasteiger partial charge >= 0.3 is 0 Å². The van der Waals surface area contributed by atoms with Crippen molar-refractivity contribution in [2.45, 2.75) is 57.5 Å². The van der Waals surface area contributed by atoms with Crippen LogP contribution < -0.4 is 15.8 Å². The van der Waals surface area contributed by atoms with Gasteiger partial charge < -0.3 is 11.1 Å². The first kappa shape index (κ1) is 17.4. The van der Waals surface area contributed by atoms with Crippen LogP contribution in [0.5, 0.6) is 0 Å². The minimum Gasteiger partial charge on any atom is -0.353 e. The molecule has 1 aliphatic rings. The highest BCUT2D eigenvalue weighted by Gasteiger charge is 2.38. The molecule has 1 amide bonds. The first-order chi connectivity index (χ1) is 8.94. The lowest BCUT2D eigenvalue weighted by molar-refractivity contribution is -0.128. The predicted octanol–water partition coefficient (Wildman–Crippen LogP) is 0.338. The Morgan fingerprint density at radius 3 is 2.55 bits per heavy atom. The fourth-order valence-electron chi connectivity index (χ4n) is 2.81. The van der Waals surface area contributed by atoms with Crippen molar-refractivity contribution in [3.05, 3.63) is 0 Å². The molecule has 0 aromatic heterocycles. The zero-order valence-corrected chi connectivity index (χ0v) is 13.6. The molecule has 20 heavy (non-hydrogen) atoms. The van der Waals surface area contributed by atoms with Crippen molar-refractivity contribution in [2.24, 2.45) is 11.7 Å². The first-order valence-electron chi connectivity index (χ1n) is 7.00. The van der Waals surface area contributed by atoms with E-state index < -0.39 is 21.1 Å². The Hall–Kier alpha value is -0.660. The number of hydrogen-bond acceptors (Lipinski definition) is 4. The van der Waals surface area contributed by atoms with E-state index >= 15 is 0 Å². The molecule has 7 heteroatoms. The van der Waals surface area contributed by atoms with Crippen molar-refractivity contribution < 1.29 is 13.2 Å². The van der Waals surface area contributed by atoms with Crippen LogP contribution in [-0.4, -0.2) is 38.2 Å². The quantitative estimate of drug-likeness (QED) is 0.681. The molecule has 2 unspecified atom stereocenters. The lowest BCUT2D eigenvalue weighted by Gasteiger charge is -2.36. The highest BCUT2D eigenvalue weighted by atomic mass is 32.2. The summed E-state index contributed by atoms with van der Waals surface area (Å²) in [6.07, 6.45) is 4.52. The molecule has 0 bridgehead atoms. The van der Waals surface area contributed by atoms with Crippen LogP contribution in [0.4, 0.5) is 0 Å². The molecule has 0 aromatic carbocycles. The lowest BCUT2D eigenvalue weighted by Crippen LogP contribution is -2.59. The largest absolute Gasteiger partial charge is 0.353 e. The van der Waals surface area contributed by atoms with E-state index in [1.165, 1.54) is 0 Å². The van der Waals surface area contributed by atoms with Crippen molar-refractivity contribution in [1.82, 2.24) is 10.0 Å². The minimum atomic E-state index is -3.31. The molecule has 6 nitrogen and oxygen atoms in total. The number of nitrogens with one attached hydrogen (secondary N) is 2. The molecule has 0 radical (unpaired) electrons. The fourth-order valence-corrected chi connectivity index (χ4v) is 3.89. The van der Waals surface area contributed by atoms with Crippen LogP contribution in [-0.2, 0) is 14.8 Å². The molecule has 1 fully saturated rings. The Kier molecular flexibility index (Phi) is 5.21. The Morgan fingerprint density at radius 2 is 2.05 bits per heavy atom. The zero-order valence-electron chi connectivity index (χ0n) is 12.8. The average Bonchev–Trinajstić information content (AvgIpc) is 2.22. The summed E-state index contributed by atoms with van der Waals surface area (Å²) in [4.78, 5) is 12.3. The summed E-state index contributed by atoms with van der Waals surface area (Å²) in [7, 11) is -3.31. The van der Waals surface area contributed by atoms with Crippen molar-refractivity contribution in [3.63, 3.8) is 0 Å². The summed E-state index contributed by atoms with van der Waals surface area (Å²) in [6.45, 7) is 5.76. The zero-order chi connectivity index (χ0) is 15.6. The monoisotopic (exact) mass is 305 g/mol. The third kappa shape index (κ3) is 5.38. The third-order valence-electron chi connectivity index (χ3n) is 3.64. The molecule has 4 N–H and O–H groups in total. The van der Waals surface area contributed by atoms with E-state index in [0.29, 0.717) is 18.8 Å². The summed E-state index contributed by atoms with van der Waals surface area (Å²) in [6, 6.07) is 0. The molecular weight excluding hydrogens is 278 g/mol. The Bertz CT molecular complexity index is 461. The number of rotatable bonds is 5. The normalized spacial score (nSPS) is 28.1. The highest BCUT2D eigenvalue weighted by Crippen LogP contribution is 2.30. The molecule has 0 aliphatic heterocycles. The van der Waals surface area contributed by atoms with Crippen LogP contribution in [0, 0.1) is 5.92 Å². The molecule has 0 saturated heterocycles. The van der Waals surface area contributed by atoms with E-state index in [0.717, 1.165) is 19.1 Å². The highest BCUT2D eigenvalue weighted by molar-refractivity contribution is 7.88. The van der Waals surface area contributed by atoms with E-state index in [1.54, 1.807) is 13.8 Å². The SMILES string of the molecule is CC1CCCC(N)(C(=O)NCC(C)(C)NS(C)(=O)=O)C1. The smallest absolute Gasteiger partial charge is 0.240 e. The summed E-state index contributed by atoms with van der Waals surface area (Å²) < 4.78 is 25.0. The van der Waals surface area contributed by atoms with Gasteiger partial charge in [-0.1, -0.05) is 19.8 Å². The summed E-state index contributed by atoms with van der Waals surface area (Å²) in [5.74, 6) is 0.258. The molecule has 1 aliphatic carbocycles. The van der Waals surface area contributed by atoms with Crippen molar-refractivity contribution >= 4 is 15.9 Å². The number of carbonyl (C=O) groups is 1. The predicted molar refractivity (Wildman–Crippen MR) is 79.6 cm³/mol. The van der Waals surface area contributed by atoms with Gasteiger partial charge in [0.25, 0.3) is 0 Å². The van der Waals surface area contributed by atoms with Crippen molar-refractivity contribution in [2.75, 3.05) is 12.8 Å². The topological polar surface area (TPSA) is 101 Å². The number of sulfonamides is 1. The fraction of sp³-hybridized carbons (Fsp3) is 0.923. The van der Waals surface area contributed by atoms with Gasteiger partial charge in [0.1, 0.15) is 0 Å². The number of amides is 1. The van der Waals surface area contributed by atoms with Gasteiger partial charge in [0.15, 0.2) is 0 Å². The first-order valence-corrected chi connectivity index (χ1v) is 8.89. The number of nitrogens with two attached hydrogens (primary N) is 1. The van der Waals surface area contributed by atoms with E-state index in [1.807, 2.05) is 0 Å². The summed E-state index contributed by atoms with van der Waals surface area (Å²) in [5.41, 5.74) is 4.64. The van der Waals surface area contributed by atoms with Gasteiger partial charge in [0, 0.05) is 12.1 Å².